The number of rotatable bonds is 3. The summed E-state index contributed by atoms with van der Waals surface area (Å²) >= 11 is 0. The van der Waals surface area contributed by atoms with E-state index in [0.29, 0.717) is 19.5 Å². The number of nitrogens with zero attached hydrogens (tertiary/aromatic N) is 1. The Morgan fingerprint density at radius 1 is 1.26 bits per heavy atom. The normalized spacial score (nSPS) is 21.3. The first-order valence-corrected chi connectivity index (χ1v) is 7.42. The van der Waals surface area contributed by atoms with Crippen LogP contribution in [-0.2, 0) is 11.0 Å². The number of halogens is 3. The fourth-order valence-corrected chi connectivity index (χ4v) is 2.68. The third-order valence-electron chi connectivity index (χ3n) is 4.11. The first kappa shape index (κ1) is 17.3. The number of carbonyl (C=O) groups excluding carboxylic acids is 2. The maximum atomic E-state index is 12.5. The summed E-state index contributed by atoms with van der Waals surface area (Å²) in [5.74, 6) is -0.463. The number of carbonyl (C=O) groups is 2. The van der Waals surface area contributed by atoms with Gasteiger partial charge in [0.2, 0.25) is 5.91 Å². The highest BCUT2D eigenvalue weighted by Crippen LogP contribution is 2.32. The van der Waals surface area contributed by atoms with Crippen molar-refractivity contribution in [2.45, 2.75) is 26.4 Å². The van der Waals surface area contributed by atoms with Gasteiger partial charge in [0.05, 0.1) is 11.0 Å². The molecule has 4 nitrogen and oxygen atoms in total. The summed E-state index contributed by atoms with van der Waals surface area (Å²) in [4.78, 5) is 26.0. The Bertz CT molecular complexity index is 598. The van der Waals surface area contributed by atoms with Gasteiger partial charge in [-0.2, -0.15) is 13.2 Å². The number of hydrogen-bond donors (Lipinski definition) is 1. The fourth-order valence-electron chi connectivity index (χ4n) is 2.68. The second-order valence-electron chi connectivity index (χ2n) is 5.97. The van der Waals surface area contributed by atoms with Gasteiger partial charge in [-0.3, -0.25) is 9.59 Å². The zero-order valence-corrected chi connectivity index (χ0v) is 13.0. The van der Waals surface area contributed by atoms with E-state index < -0.39 is 17.2 Å². The largest absolute Gasteiger partial charge is 0.416 e. The summed E-state index contributed by atoms with van der Waals surface area (Å²) < 4.78 is 37.6. The summed E-state index contributed by atoms with van der Waals surface area (Å²) in [5.41, 5.74) is -1.25. The molecule has 0 spiro atoms. The van der Waals surface area contributed by atoms with Crippen LogP contribution in [0.15, 0.2) is 24.3 Å². The molecule has 0 bridgehead atoms. The van der Waals surface area contributed by atoms with Crippen molar-refractivity contribution >= 4 is 11.8 Å². The van der Waals surface area contributed by atoms with Gasteiger partial charge >= 0.3 is 6.18 Å². The van der Waals surface area contributed by atoms with Crippen molar-refractivity contribution in [3.63, 3.8) is 0 Å². The van der Waals surface area contributed by atoms with Crippen LogP contribution in [0.5, 0.6) is 0 Å². The van der Waals surface area contributed by atoms with E-state index in [0.717, 1.165) is 12.1 Å². The molecule has 1 aromatic carbocycles. The van der Waals surface area contributed by atoms with Crippen molar-refractivity contribution in [3.8, 4) is 0 Å². The van der Waals surface area contributed by atoms with Gasteiger partial charge in [-0.1, -0.05) is 0 Å². The number of amides is 2. The van der Waals surface area contributed by atoms with E-state index in [1.54, 1.807) is 6.92 Å². The Morgan fingerprint density at radius 3 is 2.39 bits per heavy atom. The van der Waals surface area contributed by atoms with Gasteiger partial charge in [0.1, 0.15) is 0 Å². The van der Waals surface area contributed by atoms with E-state index in [4.69, 9.17) is 0 Å². The van der Waals surface area contributed by atoms with E-state index >= 15 is 0 Å². The Labute approximate surface area is 132 Å². The standard InChI is InChI=1S/C16H19F3N2O2/c1-3-20-14(23)15(2)8-9-21(10-15)13(22)11-4-6-12(7-5-11)16(17,18)19/h4-7H,3,8-10H2,1-2H3,(H,20,23). The predicted molar refractivity (Wildman–Crippen MR) is 78.8 cm³/mol. The summed E-state index contributed by atoms with van der Waals surface area (Å²) in [5, 5.41) is 2.75. The highest BCUT2D eigenvalue weighted by Gasteiger charge is 2.42. The molecule has 1 aliphatic heterocycles. The maximum absolute atomic E-state index is 12.5. The van der Waals surface area contributed by atoms with E-state index in [1.165, 1.54) is 17.0 Å². The molecule has 2 amide bonds. The van der Waals surface area contributed by atoms with E-state index in [1.807, 2.05) is 6.92 Å². The number of hydrogen-bond acceptors (Lipinski definition) is 2. The van der Waals surface area contributed by atoms with Crippen LogP contribution in [0.1, 0.15) is 36.2 Å². The molecule has 1 fully saturated rings. The lowest BCUT2D eigenvalue weighted by Gasteiger charge is -2.23. The Balaban J connectivity index is 2.09. The van der Waals surface area contributed by atoms with Crippen molar-refractivity contribution in [3.05, 3.63) is 35.4 Å². The minimum absolute atomic E-state index is 0.109. The molecule has 2 rings (SSSR count). The molecule has 7 heteroatoms. The second-order valence-corrected chi connectivity index (χ2v) is 5.97. The van der Waals surface area contributed by atoms with Crippen molar-refractivity contribution in [1.82, 2.24) is 10.2 Å². The smallest absolute Gasteiger partial charge is 0.356 e. The average molecular weight is 328 g/mol. The SMILES string of the molecule is CCNC(=O)C1(C)CCN(C(=O)c2ccc(C(F)(F)F)cc2)C1. The van der Waals surface area contributed by atoms with Crippen molar-refractivity contribution < 1.29 is 22.8 Å². The molecule has 1 heterocycles. The Hall–Kier alpha value is -2.05. The number of nitrogens with one attached hydrogen (secondary N) is 1. The highest BCUT2D eigenvalue weighted by molar-refractivity contribution is 5.95. The van der Waals surface area contributed by atoms with E-state index in [9.17, 15) is 22.8 Å². The lowest BCUT2D eigenvalue weighted by atomic mass is 9.89. The van der Waals surface area contributed by atoms with Crippen LogP contribution in [0.2, 0.25) is 0 Å². The first-order valence-electron chi connectivity index (χ1n) is 7.42. The fraction of sp³-hybridized carbons (Fsp3) is 0.500. The summed E-state index contributed by atoms with van der Waals surface area (Å²) in [6.45, 7) is 4.80. The van der Waals surface area contributed by atoms with Crippen molar-refractivity contribution in [1.29, 1.82) is 0 Å². The molecule has 1 aliphatic rings. The summed E-state index contributed by atoms with van der Waals surface area (Å²) in [6, 6.07) is 4.14. The van der Waals surface area contributed by atoms with Crippen molar-refractivity contribution in [2.75, 3.05) is 19.6 Å². The first-order chi connectivity index (χ1) is 10.7. The van der Waals surface area contributed by atoms with Gasteiger partial charge in [0.15, 0.2) is 0 Å². The predicted octanol–water partition coefficient (Wildman–Crippen LogP) is 2.69. The van der Waals surface area contributed by atoms with Gasteiger partial charge in [0.25, 0.3) is 5.91 Å². The Morgan fingerprint density at radius 2 is 1.87 bits per heavy atom. The summed E-state index contributed by atoms with van der Waals surface area (Å²) in [7, 11) is 0. The minimum Gasteiger partial charge on any atom is -0.356 e. The minimum atomic E-state index is -4.42. The molecule has 0 aromatic heterocycles. The van der Waals surface area contributed by atoms with Crippen LogP contribution in [-0.4, -0.2) is 36.3 Å². The van der Waals surface area contributed by atoms with Gasteiger partial charge < -0.3 is 10.2 Å². The van der Waals surface area contributed by atoms with Crippen LogP contribution in [0.3, 0.4) is 0 Å². The van der Waals surface area contributed by atoms with Crippen LogP contribution in [0.25, 0.3) is 0 Å². The zero-order valence-electron chi connectivity index (χ0n) is 13.0. The molecule has 1 aromatic rings. The van der Waals surface area contributed by atoms with E-state index in [2.05, 4.69) is 5.32 Å². The van der Waals surface area contributed by atoms with Gasteiger partial charge in [-0.15, -0.1) is 0 Å². The number of likely N-dealkylation sites (tertiary alicyclic amines) is 1. The molecule has 0 radical (unpaired) electrons. The quantitative estimate of drug-likeness (QED) is 0.927. The molecule has 23 heavy (non-hydrogen) atoms. The van der Waals surface area contributed by atoms with Crippen LogP contribution in [0.4, 0.5) is 13.2 Å². The zero-order chi connectivity index (χ0) is 17.3. The van der Waals surface area contributed by atoms with Crippen LogP contribution in [0, 0.1) is 5.41 Å². The number of benzene rings is 1. The summed E-state index contributed by atoms with van der Waals surface area (Å²) in [6.07, 6.45) is -3.89. The monoisotopic (exact) mass is 328 g/mol. The lowest BCUT2D eigenvalue weighted by molar-refractivity contribution is -0.137. The molecular weight excluding hydrogens is 309 g/mol. The van der Waals surface area contributed by atoms with Crippen molar-refractivity contribution in [2.24, 2.45) is 5.41 Å². The van der Waals surface area contributed by atoms with Gasteiger partial charge in [-0.05, 0) is 44.5 Å². The molecule has 1 atom stereocenters. The Kier molecular flexibility index (Phi) is 4.68. The van der Waals surface area contributed by atoms with Crippen LogP contribution < -0.4 is 5.32 Å². The molecular formula is C16H19F3N2O2. The molecule has 0 saturated carbocycles. The van der Waals surface area contributed by atoms with Gasteiger partial charge in [0, 0.05) is 25.2 Å². The molecule has 1 unspecified atom stereocenters. The second kappa shape index (κ2) is 6.22. The molecule has 0 aliphatic carbocycles. The molecule has 126 valence electrons. The maximum Gasteiger partial charge on any atom is 0.416 e. The topological polar surface area (TPSA) is 49.4 Å². The molecule has 1 saturated heterocycles. The third-order valence-corrected chi connectivity index (χ3v) is 4.11. The highest BCUT2D eigenvalue weighted by atomic mass is 19.4. The average Bonchev–Trinajstić information content (AvgIpc) is 2.90. The lowest BCUT2D eigenvalue weighted by Crippen LogP contribution is -2.41. The van der Waals surface area contributed by atoms with E-state index in [-0.39, 0.29) is 23.9 Å². The third kappa shape index (κ3) is 3.65. The number of alkyl halides is 3. The van der Waals surface area contributed by atoms with Crippen LogP contribution >= 0.6 is 0 Å². The van der Waals surface area contributed by atoms with Gasteiger partial charge in [-0.25, -0.2) is 0 Å². The molecule has 1 N–H and O–H groups in total.